The third kappa shape index (κ3) is 9.44. The minimum absolute atomic E-state index is 0.0506. The number of hydrogen-bond donors (Lipinski definition) is 2. The molecule has 0 saturated carbocycles. The van der Waals surface area contributed by atoms with Crippen LogP contribution >= 0.6 is 0 Å². The van der Waals surface area contributed by atoms with Crippen LogP contribution in [0.2, 0.25) is 0 Å². The Morgan fingerprint density at radius 3 is 1.78 bits per heavy atom. The number of benzene rings is 3. The Balaban J connectivity index is 1.72. The number of alkyl carbamates (subject to hydrolysis) is 1. The summed E-state index contributed by atoms with van der Waals surface area (Å²) in [7, 11) is 0. The first-order valence-electron chi connectivity index (χ1n) is 12.3. The van der Waals surface area contributed by atoms with Gasteiger partial charge in [-0.15, -0.1) is 0 Å². The second-order valence-electron chi connectivity index (χ2n) is 9.65. The summed E-state index contributed by atoms with van der Waals surface area (Å²) in [6.07, 6.45) is -0.738. The van der Waals surface area contributed by atoms with E-state index in [0.29, 0.717) is 0 Å². The molecule has 0 aliphatic heterocycles. The van der Waals surface area contributed by atoms with E-state index < -0.39 is 35.7 Å². The molecule has 0 heterocycles. The molecule has 0 bridgehead atoms. The molecule has 7 heteroatoms. The smallest absolute Gasteiger partial charge is 0.408 e. The highest BCUT2D eigenvalue weighted by molar-refractivity contribution is 5.87. The fraction of sp³-hybridized carbons (Fsp3) is 0.300. The maximum Gasteiger partial charge on any atom is 0.408 e. The van der Waals surface area contributed by atoms with E-state index in [1.165, 1.54) is 0 Å². The molecule has 194 valence electrons. The highest BCUT2D eigenvalue weighted by Gasteiger charge is 2.28. The SMILES string of the molecule is CC(C)(C)OC(=O)N[C@@H](CCC(=O)OCc1ccccc1)C(=O)NC(c1ccccc1)c1ccccc1. The standard InChI is InChI=1S/C30H34N2O5/c1-30(2,3)37-29(35)31-25(19-20-26(33)36-21-22-13-7-4-8-14-22)28(34)32-27(23-15-9-5-10-16-23)24-17-11-6-12-18-24/h4-18,25,27H,19-21H2,1-3H3,(H,31,35)(H,32,34)/t25-/m0/s1. The van der Waals surface area contributed by atoms with Crippen LogP contribution in [-0.2, 0) is 25.7 Å². The van der Waals surface area contributed by atoms with Gasteiger partial charge < -0.3 is 20.1 Å². The van der Waals surface area contributed by atoms with E-state index in [1.807, 2.05) is 91.0 Å². The Bertz CT molecular complexity index is 1110. The number of rotatable bonds is 10. The molecule has 0 saturated heterocycles. The molecule has 0 radical (unpaired) electrons. The van der Waals surface area contributed by atoms with Gasteiger partial charge in [-0.1, -0.05) is 91.0 Å². The van der Waals surface area contributed by atoms with Crippen LogP contribution in [0.1, 0.15) is 56.3 Å². The largest absolute Gasteiger partial charge is 0.461 e. The minimum atomic E-state index is -1.01. The second kappa shape index (κ2) is 13.3. The predicted molar refractivity (Wildman–Crippen MR) is 141 cm³/mol. The number of amides is 2. The van der Waals surface area contributed by atoms with Gasteiger partial charge in [-0.2, -0.15) is 0 Å². The van der Waals surface area contributed by atoms with Crippen LogP contribution in [0.25, 0.3) is 0 Å². The molecule has 0 fully saturated rings. The van der Waals surface area contributed by atoms with Gasteiger partial charge in [0.05, 0.1) is 6.04 Å². The molecule has 3 aromatic rings. The van der Waals surface area contributed by atoms with Crippen LogP contribution in [0.15, 0.2) is 91.0 Å². The topological polar surface area (TPSA) is 93.7 Å². The van der Waals surface area contributed by atoms with E-state index in [2.05, 4.69) is 10.6 Å². The van der Waals surface area contributed by atoms with Crippen molar-refractivity contribution in [2.75, 3.05) is 0 Å². The lowest BCUT2D eigenvalue weighted by Crippen LogP contribution is -2.49. The normalized spacial score (nSPS) is 11.9. The third-order valence-electron chi connectivity index (χ3n) is 5.44. The quantitative estimate of drug-likeness (QED) is 0.367. The zero-order valence-electron chi connectivity index (χ0n) is 21.5. The van der Waals surface area contributed by atoms with E-state index in [-0.39, 0.29) is 19.4 Å². The molecule has 2 N–H and O–H groups in total. The van der Waals surface area contributed by atoms with E-state index in [0.717, 1.165) is 16.7 Å². The molecular weight excluding hydrogens is 468 g/mol. The maximum atomic E-state index is 13.5. The number of nitrogens with one attached hydrogen (secondary N) is 2. The second-order valence-corrected chi connectivity index (χ2v) is 9.65. The molecule has 0 aliphatic rings. The molecule has 37 heavy (non-hydrogen) atoms. The van der Waals surface area contributed by atoms with Crippen LogP contribution in [0.3, 0.4) is 0 Å². The van der Waals surface area contributed by atoms with Gasteiger partial charge in [0, 0.05) is 6.42 Å². The van der Waals surface area contributed by atoms with Crippen LogP contribution in [0.4, 0.5) is 4.79 Å². The molecule has 0 spiro atoms. The molecule has 3 aromatic carbocycles. The van der Waals surface area contributed by atoms with Crippen molar-refractivity contribution in [3.05, 3.63) is 108 Å². The minimum Gasteiger partial charge on any atom is -0.461 e. The van der Waals surface area contributed by atoms with E-state index >= 15 is 0 Å². The van der Waals surface area contributed by atoms with Gasteiger partial charge in [-0.3, -0.25) is 9.59 Å². The Labute approximate surface area is 218 Å². The number of hydrogen-bond acceptors (Lipinski definition) is 5. The van der Waals surface area contributed by atoms with Gasteiger partial charge >= 0.3 is 12.1 Å². The van der Waals surface area contributed by atoms with Crippen molar-refractivity contribution in [1.82, 2.24) is 10.6 Å². The van der Waals surface area contributed by atoms with Crippen LogP contribution in [-0.4, -0.2) is 29.6 Å². The summed E-state index contributed by atoms with van der Waals surface area (Å²) in [5.74, 6) is -0.894. The number of ether oxygens (including phenoxy) is 2. The number of carbonyl (C=O) groups excluding carboxylic acids is 3. The first-order chi connectivity index (χ1) is 17.7. The van der Waals surface area contributed by atoms with Crippen molar-refractivity contribution in [2.45, 2.75) is 57.9 Å². The lowest BCUT2D eigenvalue weighted by Gasteiger charge is -2.26. The lowest BCUT2D eigenvalue weighted by molar-refractivity contribution is -0.145. The molecule has 2 amide bonds. The highest BCUT2D eigenvalue weighted by atomic mass is 16.6. The van der Waals surface area contributed by atoms with E-state index in [1.54, 1.807) is 20.8 Å². The van der Waals surface area contributed by atoms with Crippen LogP contribution in [0.5, 0.6) is 0 Å². The van der Waals surface area contributed by atoms with Crippen molar-refractivity contribution in [2.24, 2.45) is 0 Å². The molecule has 7 nitrogen and oxygen atoms in total. The van der Waals surface area contributed by atoms with Crippen molar-refractivity contribution in [1.29, 1.82) is 0 Å². The van der Waals surface area contributed by atoms with Gasteiger partial charge in [0.15, 0.2) is 0 Å². The average Bonchev–Trinajstić information content (AvgIpc) is 2.89. The van der Waals surface area contributed by atoms with E-state index in [4.69, 9.17) is 9.47 Å². The molecule has 3 rings (SSSR count). The van der Waals surface area contributed by atoms with Crippen LogP contribution in [0, 0.1) is 0 Å². The zero-order chi connectivity index (χ0) is 26.7. The zero-order valence-corrected chi connectivity index (χ0v) is 21.5. The molecule has 0 aliphatic carbocycles. The summed E-state index contributed by atoms with van der Waals surface area (Å²) in [6.45, 7) is 5.36. The summed E-state index contributed by atoms with van der Waals surface area (Å²) < 4.78 is 10.7. The fourth-order valence-electron chi connectivity index (χ4n) is 3.68. The molecule has 1 atom stereocenters. The summed E-state index contributed by atoms with van der Waals surface area (Å²) in [5.41, 5.74) is 1.90. The Morgan fingerprint density at radius 1 is 0.757 bits per heavy atom. The summed E-state index contributed by atoms with van der Waals surface area (Å²) in [4.78, 5) is 38.4. The summed E-state index contributed by atoms with van der Waals surface area (Å²) >= 11 is 0. The van der Waals surface area contributed by atoms with Crippen LogP contribution < -0.4 is 10.6 Å². The Morgan fingerprint density at radius 2 is 1.27 bits per heavy atom. The average molecular weight is 503 g/mol. The molecule has 0 aromatic heterocycles. The summed E-state index contributed by atoms with van der Waals surface area (Å²) in [6, 6.07) is 27.0. The van der Waals surface area contributed by atoms with Gasteiger partial charge in [-0.05, 0) is 43.9 Å². The lowest BCUT2D eigenvalue weighted by atomic mass is 9.98. The molecular formula is C30H34N2O5. The number of esters is 1. The third-order valence-corrected chi connectivity index (χ3v) is 5.44. The van der Waals surface area contributed by atoms with Gasteiger partial charge in [0.2, 0.25) is 5.91 Å². The van der Waals surface area contributed by atoms with Crippen molar-refractivity contribution in [3.8, 4) is 0 Å². The predicted octanol–water partition coefficient (Wildman–Crippen LogP) is 5.31. The fourth-order valence-corrected chi connectivity index (χ4v) is 3.68. The van der Waals surface area contributed by atoms with Gasteiger partial charge in [0.25, 0.3) is 0 Å². The first kappa shape index (κ1) is 27.5. The van der Waals surface area contributed by atoms with Gasteiger partial charge in [0.1, 0.15) is 18.2 Å². The van der Waals surface area contributed by atoms with Crippen molar-refractivity contribution in [3.63, 3.8) is 0 Å². The Kier molecular flexibility index (Phi) is 9.84. The molecule has 0 unspecified atom stereocenters. The highest BCUT2D eigenvalue weighted by Crippen LogP contribution is 2.22. The van der Waals surface area contributed by atoms with Crippen molar-refractivity contribution < 1.29 is 23.9 Å². The monoisotopic (exact) mass is 502 g/mol. The van der Waals surface area contributed by atoms with Crippen molar-refractivity contribution >= 4 is 18.0 Å². The Hall–Kier alpha value is -4.13. The summed E-state index contributed by atoms with van der Waals surface area (Å²) in [5, 5.41) is 5.67. The maximum absolute atomic E-state index is 13.5. The number of carbonyl (C=O) groups is 3. The first-order valence-corrected chi connectivity index (χ1v) is 12.3. The van der Waals surface area contributed by atoms with Gasteiger partial charge in [-0.25, -0.2) is 4.79 Å². The van der Waals surface area contributed by atoms with E-state index in [9.17, 15) is 14.4 Å².